The van der Waals surface area contributed by atoms with Crippen LogP contribution in [0.15, 0.2) is 6.20 Å². The minimum atomic E-state index is 0.547. The molecule has 0 spiro atoms. The second-order valence-corrected chi connectivity index (χ2v) is 3.03. The van der Waals surface area contributed by atoms with E-state index in [0.29, 0.717) is 11.6 Å². The fraction of sp³-hybridized carbons (Fsp3) is 0.429. The van der Waals surface area contributed by atoms with Gasteiger partial charge in [-0.3, -0.25) is 0 Å². The van der Waals surface area contributed by atoms with Crippen LogP contribution in [0.1, 0.15) is 11.3 Å². The number of ether oxygens (including phenoxy) is 1. The smallest absolute Gasteiger partial charge is 0.273 e. The van der Waals surface area contributed by atoms with Crippen molar-refractivity contribution in [2.75, 3.05) is 7.11 Å². The zero-order chi connectivity index (χ0) is 8.10. The number of methoxy groups -OCH3 is 1. The maximum absolute atomic E-state index is 8.29. The molecule has 0 saturated heterocycles. The van der Waals surface area contributed by atoms with Gasteiger partial charge in [-0.05, 0) is 6.42 Å². The summed E-state index contributed by atoms with van der Waals surface area (Å²) in [5.74, 6) is 0. The largest absolute Gasteiger partial charge is 0.473 e. The Balaban J connectivity index is 2.53. The van der Waals surface area contributed by atoms with E-state index in [1.165, 1.54) is 11.3 Å². The van der Waals surface area contributed by atoms with E-state index in [0.717, 1.165) is 11.3 Å². The van der Waals surface area contributed by atoms with Gasteiger partial charge in [0, 0.05) is 17.5 Å². The van der Waals surface area contributed by atoms with Gasteiger partial charge in [-0.15, -0.1) is 0 Å². The first-order valence-electron chi connectivity index (χ1n) is 3.22. The SMILES string of the molecule is COc1ncc(CCC#N)s1. The molecule has 0 aliphatic heterocycles. The fourth-order valence-electron chi connectivity index (χ4n) is 0.679. The summed E-state index contributed by atoms with van der Waals surface area (Å²) in [7, 11) is 1.59. The molecule has 1 rings (SSSR count). The molecule has 11 heavy (non-hydrogen) atoms. The van der Waals surface area contributed by atoms with Gasteiger partial charge in [0.1, 0.15) is 0 Å². The number of aryl methyl sites for hydroxylation is 1. The van der Waals surface area contributed by atoms with Crippen LogP contribution in [0.25, 0.3) is 0 Å². The quantitative estimate of drug-likeness (QED) is 0.688. The van der Waals surface area contributed by atoms with E-state index in [2.05, 4.69) is 11.1 Å². The predicted molar refractivity (Wildman–Crippen MR) is 42.6 cm³/mol. The number of thiazole rings is 1. The summed E-state index contributed by atoms with van der Waals surface area (Å²) in [6.07, 6.45) is 3.07. The second kappa shape index (κ2) is 3.94. The molecule has 0 atom stereocenters. The van der Waals surface area contributed by atoms with Crippen molar-refractivity contribution in [1.82, 2.24) is 4.98 Å². The first-order valence-corrected chi connectivity index (χ1v) is 4.04. The topological polar surface area (TPSA) is 45.9 Å². The first-order chi connectivity index (χ1) is 5.36. The van der Waals surface area contributed by atoms with E-state index in [9.17, 15) is 0 Å². The number of nitriles is 1. The second-order valence-electron chi connectivity index (χ2n) is 1.95. The van der Waals surface area contributed by atoms with Crippen molar-refractivity contribution in [3.8, 4) is 11.3 Å². The molecule has 0 aliphatic carbocycles. The third-order valence-corrected chi connectivity index (χ3v) is 2.21. The number of hydrogen-bond acceptors (Lipinski definition) is 4. The van der Waals surface area contributed by atoms with Crippen molar-refractivity contribution in [3.63, 3.8) is 0 Å². The molecule has 0 saturated carbocycles. The van der Waals surface area contributed by atoms with Gasteiger partial charge in [-0.2, -0.15) is 5.26 Å². The van der Waals surface area contributed by atoms with E-state index >= 15 is 0 Å². The number of rotatable bonds is 3. The summed E-state index contributed by atoms with van der Waals surface area (Å²) in [6.45, 7) is 0. The molecule has 1 aromatic rings. The molecule has 0 N–H and O–H groups in total. The molecule has 0 amide bonds. The summed E-state index contributed by atoms with van der Waals surface area (Å²) >= 11 is 1.49. The lowest BCUT2D eigenvalue weighted by Crippen LogP contribution is -1.76. The normalized spacial score (nSPS) is 9.09. The van der Waals surface area contributed by atoms with E-state index < -0.39 is 0 Å². The maximum atomic E-state index is 8.29. The number of aromatic nitrogens is 1. The fourth-order valence-corrected chi connectivity index (χ4v) is 1.40. The van der Waals surface area contributed by atoms with Crippen LogP contribution < -0.4 is 4.74 Å². The van der Waals surface area contributed by atoms with Gasteiger partial charge in [-0.1, -0.05) is 11.3 Å². The summed E-state index contributed by atoms with van der Waals surface area (Å²) in [5, 5.41) is 8.96. The summed E-state index contributed by atoms with van der Waals surface area (Å²) in [4.78, 5) is 5.07. The summed E-state index contributed by atoms with van der Waals surface area (Å²) in [6, 6.07) is 2.08. The molecule has 0 aromatic carbocycles. The number of hydrogen-bond donors (Lipinski definition) is 0. The van der Waals surface area contributed by atoms with Crippen LogP contribution >= 0.6 is 11.3 Å². The predicted octanol–water partition coefficient (Wildman–Crippen LogP) is 1.61. The van der Waals surface area contributed by atoms with E-state index in [1.807, 2.05) is 0 Å². The molecule has 0 unspecified atom stereocenters. The average Bonchev–Trinajstić information content (AvgIpc) is 2.48. The Morgan fingerprint density at radius 3 is 3.18 bits per heavy atom. The Morgan fingerprint density at radius 2 is 2.64 bits per heavy atom. The van der Waals surface area contributed by atoms with Crippen LogP contribution in [-0.4, -0.2) is 12.1 Å². The summed E-state index contributed by atoms with van der Waals surface area (Å²) < 4.78 is 4.90. The molecule has 58 valence electrons. The average molecular weight is 168 g/mol. The van der Waals surface area contributed by atoms with Crippen molar-refractivity contribution >= 4 is 11.3 Å². The van der Waals surface area contributed by atoms with Gasteiger partial charge in [0.15, 0.2) is 0 Å². The van der Waals surface area contributed by atoms with Crippen molar-refractivity contribution < 1.29 is 4.74 Å². The standard InChI is InChI=1S/C7H8N2OS/c1-10-7-9-5-6(11-7)3-2-4-8/h5H,2-3H2,1H3. The molecule has 0 bridgehead atoms. The van der Waals surface area contributed by atoms with Crippen molar-refractivity contribution in [1.29, 1.82) is 5.26 Å². The molecular weight excluding hydrogens is 160 g/mol. The Bertz CT molecular complexity index is 264. The van der Waals surface area contributed by atoms with Gasteiger partial charge >= 0.3 is 0 Å². The molecule has 0 aliphatic rings. The Morgan fingerprint density at radius 1 is 1.82 bits per heavy atom. The van der Waals surface area contributed by atoms with E-state index in [4.69, 9.17) is 10.00 Å². The lowest BCUT2D eigenvalue weighted by molar-refractivity contribution is 0.412. The van der Waals surface area contributed by atoms with Gasteiger partial charge in [-0.25, -0.2) is 4.98 Å². The van der Waals surface area contributed by atoms with E-state index in [1.54, 1.807) is 13.3 Å². The van der Waals surface area contributed by atoms with Crippen LogP contribution in [0.2, 0.25) is 0 Å². The minimum Gasteiger partial charge on any atom is -0.473 e. The third kappa shape index (κ3) is 2.20. The van der Waals surface area contributed by atoms with Gasteiger partial charge in [0.2, 0.25) is 0 Å². The molecule has 0 fully saturated rings. The highest BCUT2D eigenvalue weighted by atomic mass is 32.1. The molecule has 4 heteroatoms. The van der Waals surface area contributed by atoms with Crippen molar-refractivity contribution in [2.24, 2.45) is 0 Å². The minimum absolute atomic E-state index is 0.547. The van der Waals surface area contributed by atoms with Gasteiger partial charge < -0.3 is 4.74 Å². The van der Waals surface area contributed by atoms with Crippen LogP contribution in [0.4, 0.5) is 0 Å². The lowest BCUT2D eigenvalue weighted by atomic mass is 10.3. The van der Waals surface area contributed by atoms with E-state index in [-0.39, 0.29) is 0 Å². The third-order valence-electron chi connectivity index (χ3n) is 1.19. The van der Waals surface area contributed by atoms with Crippen LogP contribution in [0.3, 0.4) is 0 Å². The van der Waals surface area contributed by atoms with Crippen molar-refractivity contribution in [3.05, 3.63) is 11.1 Å². The molecule has 3 nitrogen and oxygen atoms in total. The Labute approximate surface area is 69.3 Å². The number of nitrogens with zero attached hydrogens (tertiary/aromatic N) is 2. The summed E-state index contributed by atoms with van der Waals surface area (Å²) in [5.41, 5.74) is 0. The van der Waals surface area contributed by atoms with Crippen molar-refractivity contribution in [2.45, 2.75) is 12.8 Å². The molecular formula is C7H8N2OS. The zero-order valence-electron chi connectivity index (χ0n) is 6.20. The highest BCUT2D eigenvalue weighted by Crippen LogP contribution is 2.20. The zero-order valence-corrected chi connectivity index (χ0v) is 7.02. The maximum Gasteiger partial charge on any atom is 0.273 e. The lowest BCUT2D eigenvalue weighted by Gasteiger charge is -1.87. The van der Waals surface area contributed by atoms with Crippen LogP contribution in [-0.2, 0) is 6.42 Å². The molecule has 1 aromatic heterocycles. The Kier molecular flexibility index (Phi) is 2.87. The van der Waals surface area contributed by atoms with Gasteiger partial charge in [0.25, 0.3) is 5.19 Å². The first kappa shape index (κ1) is 8.02. The van der Waals surface area contributed by atoms with Crippen LogP contribution in [0, 0.1) is 11.3 Å². The van der Waals surface area contributed by atoms with Crippen LogP contribution in [0.5, 0.6) is 5.19 Å². The Hall–Kier alpha value is -1.08. The monoisotopic (exact) mass is 168 g/mol. The molecule has 0 radical (unpaired) electrons. The highest BCUT2D eigenvalue weighted by Gasteiger charge is 1.99. The van der Waals surface area contributed by atoms with Gasteiger partial charge in [0.05, 0.1) is 13.2 Å². The highest BCUT2D eigenvalue weighted by molar-refractivity contribution is 7.13. The molecule has 1 heterocycles.